The number of rotatable bonds is 0. The quantitative estimate of drug-likeness (QED) is 0.438. The molecule has 0 aromatic carbocycles. The number of hydrogen-bond acceptors (Lipinski definition) is 2. The largest absolute Gasteiger partial charge is 0.327 e. The van der Waals surface area contributed by atoms with E-state index < -0.39 is 0 Å². The molecule has 1 saturated carbocycles. The SMILES string of the molecule is CC1C(N)CC1N. The summed E-state index contributed by atoms with van der Waals surface area (Å²) >= 11 is 0. The lowest BCUT2D eigenvalue weighted by Crippen LogP contribution is -2.53. The lowest BCUT2D eigenvalue weighted by molar-refractivity contribution is 0.229. The van der Waals surface area contributed by atoms with Crippen LogP contribution in [0.1, 0.15) is 13.3 Å². The molecule has 1 aliphatic carbocycles. The first kappa shape index (κ1) is 5.06. The lowest BCUT2D eigenvalue weighted by Gasteiger charge is -2.37. The van der Waals surface area contributed by atoms with Crippen molar-refractivity contribution < 1.29 is 0 Å². The monoisotopic (exact) mass is 100 g/mol. The van der Waals surface area contributed by atoms with Crippen molar-refractivity contribution in [1.29, 1.82) is 0 Å². The van der Waals surface area contributed by atoms with E-state index in [9.17, 15) is 0 Å². The highest BCUT2D eigenvalue weighted by Crippen LogP contribution is 2.22. The Labute approximate surface area is 43.9 Å². The van der Waals surface area contributed by atoms with E-state index in [1.165, 1.54) is 0 Å². The second-order valence-electron chi connectivity index (χ2n) is 2.42. The molecule has 0 radical (unpaired) electrons. The first-order valence-electron chi connectivity index (χ1n) is 2.73. The molecule has 1 rings (SSSR count). The van der Waals surface area contributed by atoms with Gasteiger partial charge in [-0.05, 0) is 12.3 Å². The summed E-state index contributed by atoms with van der Waals surface area (Å²) in [5.41, 5.74) is 11.1. The minimum atomic E-state index is 0.384. The van der Waals surface area contributed by atoms with Gasteiger partial charge in [-0.15, -0.1) is 0 Å². The van der Waals surface area contributed by atoms with Crippen LogP contribution in [0.3, 0.4) is 0 Å². The van der Waals surface area contributed by atoms with Gasteiger partial charge in [-0.25, -0.2) is 0 Å². The van der Waals surface area contributed by atoms with Crippen LogP contribution in [0.5, 0.6) is 0 Å². The van der Waals surface area contributed by atoms with Crippen LogP contribution < -0.4 is 11.5 Å². The van der Waals surface area contributed by atoms with Crippen LogP contribution >= 0.6 is 0 Å². The average molecular weight is 100 g/mol. The Hall–Kier alpha value is -0.0800. The highest BCUT2D eigenvalue weighted by Gasteiger charge is 2.31. The summed E-state index contributed by atoms with van der Waals surface area (Å²) in [6, 6.07) is 0.769. The third-order valence-electron chi connectivity index (χ3n) is 1.90. The van der Waals surface area contributed by atoms with Gasteiger partial charge in [0.25, 0.3) is 0 Å². The molecule has 0 aromatic rings. The van der Waals surface area contributed by atoms with Gasteiger partial charge in [0, 0.05) is 12.1 Å². The second-order valence-corrected chi connectivity index (χ2v) is 2.42. The van der Waals surface area contributed by atoms with E-state index in [1.54, 1.807) is 0 Å². The molecule has 0 spiro atoms. The zero-order valence-electron chi connectivity index (χ0n) is 4.59. The van der Waals surface area contributed by atoms with Crippen molar-refractivity contribution in [2.45, 2.75) is 25.4 Å². The molecule has 0 amide bonds. The van der Waals surface area contributed by atoms with Gasteiger partial charge >= 0.3 is 0 Å². The number of nitrogens with two attached hydrogens (primary N) is 2. The van der Waals surface area contributed by atoms with Gasteiger partial charge in [0.15, 0.2) is 0 Å². The average Bonchev–Trinajstić information content (AvgIpc) is 1.68. The molecule has 0 heterocycles. The predicted molar refractivity (Wildman–Crippen MR) is 29.7 cm³/mol. The third kappa shape index (κ3) is 0.640. The zero-order valence-corrected chi connectivity index (χ0v) is 4.59. The van der Waals surface area contributed by atoms with E-state index in [1.807, 2.05) is 0 Å². The molecule has 2 heteroatoms. The van der Waals surface area contributed by atoms with Crippen molar-refractivity contribution in [2.75, 3.05) is 0 Å². The second kappa shape index (κ2) is 1.46. The van der Waals surface area contributed by atoms with E-state index in [0.717, 1.165) is 6.42 Å². The smallest absolute Gasteiger partial charge is 0.00941 e. The van der Waals surface area contributed by atoms with Crippen molar-refractivity contribution in [2.24, 2.45) is 17.4 Å². The van der Waals surface area contributed by atoms with Gasteiger partial charge in [0.2, 0.25) is 0 Å². The Morgan fingerprint density at radius 1 is 1.29 bits per heavy atom. The molecule has 4 N–H and O–H groups in total. The Morgan fingerprint density at radius 2 is 1.71 bits per heavy atom. The molecule has 2 nitrogen and oxygen atoms in total. The highest BCUT2D eigenvalue weighted by atomic mass is 14.8. The Balaban J connectivity index is 2.29. The maximum Gasteiger partial charge on any atom is 0.00941 e. The fraction of sp³-hybridized carbons (Fsp3) is 1.00. The van der Waals surface area contributed by atoms with Crippen LogP contribution in [0.4, 0.5) is 0 Å². The maximum absolute atomic E-state index is 5.53. The minimum Gasteiger partial charge on any atom is -0.327 e. The van der Waals surface area contributed by atoms with Crippen molar-refractivity contribution in [3.8, 4) is 0 Å². The van der Waals surface area contributed by atoms with Crippen molar-refractivity contribution >= 4 is 0 Å². The summed E-state index contributed by atoms with van der Waals surface area (Å²) in [5, 5.41) is 0. The van der Waals surface area contributed by atoms with Gasteiger partial charge < -0.3 is 11.5 Å². The molecule has 42 valence electrons. The van der Waals surface area contributed by atoms with Gasteiger partial charge in [-0.2, -0.15) is 0 Å². The molecule has 0 saturated heterocycles. The van der Waals surface area contributed by atoms with E-state index in [2.05, 4.69) is 6.92 Å². The maximum atomic E-state index is 5.53. The minimum absolute atomic E-state index is 0.384. The molecular weight excluding hydrogens is 88.1 g/mol. The molecule has 2 atom stereocenters. The Bertz CT molecular complexity index is 64.5. The Morgan fingerprint density at radius 3 is 1.71 bits per heavy atom. The molecule has 7 heavy (non-hydrogen) atoms. The molecule has 0 aliphatic heterocycles. The van der Waals surface area contributed by atoms with Crippen LogP contribution in [0, 0.1) is 5.92 Å². The first-order valence-corrected chi connectivity index (χ1v) is 2.73. The summed E-state index contributed by atoms with van der Waals surface area (Å²) in [4.78, 5) is 0. The lowest BCUT2D eigenvalue weighted by atomic mass is 9.77. The van der Waals surface area contributed by atoms with Gasteiger partial charge in [0.05, 0.1) is 0 Å². The normalized spacial score (nSPS) is 51.0. The van der Waals surface area contributed by atoms with Crippen molar-refractivity contribution in [3.05, 3.63) is 0 Å². The predicted octanol–water partition coefficient (Wildman–Crippen LogP) is -0.319. The molecular formula is C5H12N2. The summed E-state index contributed by atoms with van der Waals surface area (Å²) in [5.74, 6) is 0.556. The summed E-state index contributed by atoms with van der Waals surface area (Å²) in [6.45, 7) is 2.10. The van der Waals surface area contributed by atoms with Gasteiger partial charge in [-0.3, -0.25) is 0 Å². The van der Waals surface area contributed by atoms with E-state index in [4.69, 9.17) is 11.5 Å². The topological polar surface area (TPSA) is 52.0 Å². The summed E-state index contributed by atoms with van der Waals surface area (Å²) in [6.07, 6.45) is 1.02. The van der Waals surface area contributed by atoms with Crippen LogP contribution in [0.15, 0.2) is 0 Å². The molecule has 1 fully saturated rings. The summed E-state index contributed by atoms with van der Waals surface area (Å²) < 4.78 is 0. The zero-order chi connectivity index (χ0) is 5.44. The molecule has 1 aliphatic rings. The van der Waals surface area contributed by atoms with Crippen LogP contribution in [0.25, 0.3) is 0 Å². The highest BCUT2D eigenvalue weighted by molar-refractivity contribution is 4.91. The van der Waals surface area contributed by atoms with Crippen molar-refractivity contribution in [3.63, 3.8) is 0 Å². The summed E-state index contributed by atoms with van der Waals surface area (Å²) in [7, 11) is 0. The van der Waals surface area contributed by atoms with Crippen LogP contribution in [0.2, 0.25) is 0 Å². The Kier molecular flexibility index (Phi) is 1.05. The van der Waals surface area contributed by atoms with Crippen LogP contribution in [-0.2, 0) is 0 Å². The molecule has 2 unspecified atom stereocenters. The van der Waals surface area contributed by atoms with Crippen molar-refractivity contribution in [1.82, 2.24) is 0 Å². The fourth-order valence-electron chi connectivity index (χ4n) is 0.865. The number of hydrogen-bond donors (Lipinski definition) is 2. The van der Waals surface area contributed by atoms with E-state index in [-0.39, 0.29) is 0 Å². The molecule has 0 bridgehead atoms. The van der Waals surface area contributed by atoms with E-state index in [0.29, 0.717) is 18.0 Å². The van der Waals surface area contributed by atoms with Gasteiger partial charge in [-0.1, -0.05) is 6.92 Å². The third-order valence-corrected chi connectivity index (χ3v) is 1.90. The van der Waals surface area contributed by atoms with Crippen LogP contribution in [-0.4, -0.2) is 12.1 Å². The fourth-order valence-corrected chi connectivity index (χ4v) is 0.865. The molecule has 0 aromatic heterocycles. The van der Waals surface area contributed by atoms with Gasteiger partial charge in [0.1, 0.15) is 0 Å². The first-order chi connectivity index (χ1) is 3.22. The standard InChI is InChI=1S/C5H12N2/c1-3-4(6)2-5(3)7/h3-5H,2,6-7H2,1H3. The van der Waals surface area contributed by atoms with E-state index >= 15 is 0 Å².